The van der Waals surface area contributed by atoms with Crippen molar-refractivity contribution in [1.82, 2.24) is 0 Å². The third-order valence-corrected chi connectivity index (χ3v) is 9.04. The van der Waals surface area contributed by atoms with Crippen LogP contribution in [-0.2, 0) is 17.9 Å². The van der Waals surface area contributed by atoms with Crippen LogP contribution >= 0.6 is 0 Å². The lowest BCUT2D eigenvalue weighted by atomic mass is 9.62. The van der Waals surface area contributed by atoms with E-state index in [-0.39, 0.29) is 10.8 Å². The Bertz CT molecular complexity index is 1900. The molecule has 0 atom stereocenters. The summed E-state index contributed by atoms with van der Waals surface area (Å²) < 4.78 is 9.25. The van der Waals surface area contributed by atoms with Gasteiger partial charge in [-0.2, -0.15) is 0 Å². The Morgan fingerprint density at radius 3 is 2.22 bits per heavy atom. The van der Waals surface area contributed by atoms with Crippen LogP contribution in [0.15, 0.2) is 77.3 Å². The highest BCUT2D eigenvalue weighted by Gasteiger charge is 2.39. The van der Waals surface area contributed by atoms with Crippen LogP contribution in [-0.4, -0.2) is 0 Å². The quantitative estimate of drug-likeness (QED) is 0.213. The Morgan fingerprint density at radius 1 is 0.730 bits per heavy atom. The summed E-state index contributed by atoms with van der Waals surface area (Å²) in [7, 11) is 2.14. The van der Waals surface area contributed by atoms with Gasteiger partial charge in [-0.15, -0.1) is 0 Å². The van der Waals surface area contributed by atoms with E-state index in [1.165, 1.54) is 73.1 Å². The van der Waals surface area contributed by atoms with Gasteiger partial charge in [0.1, 0.15) is 18.2 Å². The van der Waals surface area contributed by atoms with E-state index in [0.717, 1.165) is 11.2 Å². The molecule has 7 rings (SSSR count). The predicted molar refractivity (Wildman–Crippen MR) is 155 cm³/mol. The van der Waals surface area contributed by atoms with Crippen LogP contribution in [0.4, 0.5) is 0 Å². The first kappa shape index (κ1) is 22.5. The van der Waals surface area contributed by atoms with Crippen LogP contribution in [0, 0.1) is 6.92 Å². The van der Waals surface area contributed by atoms with Gasteiger partial charge in [0.2, 0.25) is 5.69 Å². The summed E-state index contributed by atoms with van der Waals surface area (Å²) in [5.41, 5.74) is 8.80. The van der Waals surface area contributed by atoms with Crippen LogP contribution < -0.4 is 4.57 Å². The van der Waals surface area contributed by atoms with Gasteiger partial charge in [-0.25, -0.2) is 4.57 Å². The molecular weight excluding hydrogens is 450 g/mol. The fourth-order valence-electron chi connectivity index (χ4n) is 6.81. The molecule has 0 unspecified atom stereocenters. The number of pyridine rings is 1. The molecule has 0 spiro atoms. The normalized spacial score (nSPS) is 16.6. The molecule has 1 aliphatic rings. The molecular formula is C35H34NO+. The van der Waals surface area contributed by atoms with Gasteiger partial charge in [0, 0.05) is 27.6 Å². The molecule has 184 valence electrons. The summed E-state index contributed by atoms with van der Waals surface area (Å²) in [6, 6.07) is 24.6. The van der Waals surface area contributed by atoms with Crippen molar-refractivity contribution in [2.24, 2.45) is 7.05 Å². The van der Waals surface area contributed by atoms with Crippen LogP contribution in [0.5, 0.6) is 0 Å². The Kier molecular flexibility index (Phi) is 4.54. The zero-order valence-electron chi connectivity index (χ0n) is 22.7. The lowest BCUT2D eigenvalue weighted by Gasteiger charge is -2.42. The number of fused-ring (bicyclic) bond motifs is 8. The predicted octanol–water partition coefficient (Wildman–Crippen LogP) is 9.04. The molecule has 0 aliphatic heterocycles. The Labute approximate surface area is 218 Å². The van der Waals surface area contributed by atoms with Crippen LogP contribution in [0.1, 0.15) is 57.2 Å². The van der Waals surface area contributed by atoms with E-state index in [1.54, 1.807) is 0 Å². The van der Waals surface area contributed by atoms with Crippen LogP contribution in [0.25, 0.3) is 54.7 Å². The number of hydrogen-bond acceptors (Lipinski definition) is 1. The highest BCUT2D eigenvalue weighted by molar-refractivity contribution is 6.18. The van der Waals surface area contributed by atoms with E-state index in [2.05, 4.69) is 119 Å². The summed E-state index contributed by atoms with van der Waals surface area (Å²) in [5, 5.41) is 7.45. The molecule has 2 aromatic heterocycles. The second-order valence-corrected chi connectivity index (χ2v) is 12.4. The highest BCUT2D eigenvalue weighted by Crippen LogP contribution is 2.51. The van der Waals surface area contributed by atoms with Crippen molar-refractivity contribution in [2.45, 2.75) is 58.3 Å². The zero-order chi connectivity index (χ0) is 25.7. The maximum Gasteiger partial charge on any atom is 0.216 e. The third-order valence-electron chi connectivity index (χ3n) is 9.04. The van der Waals surface area contributed by atoms with Crippen LogP contribution in [0.2, 0.25) is 0 Å². The number of furan rings is 1. The fraction of sp³-hybridized carbons (Fsp3) is 0.286. The number of benzene rings is 4. The second-order valence-electron chi connectivity index (χ2n) is 12.4. The SMILES string of the molecule is Cc1ccc2c(oc3c2ccc2ccc4c(c23)C(C)(C)CCC4(C)C)c1-c1cc2ccccc2c[n+]1C. The van der Waals surface area contributed by atoms with Crippen molar-refractivity contribution in [3.63, 3.8) is 0 Å². The van der Waals surface area contributed by atoms with Crippen molar-refractivity contribution in [3.05, 3.63) is 89.6 Å². The number of aryl methyl sites for hydroxylation is 2. The molecule has 2 heterocycles. The average Bonchev–Trinajstić information content (AvgIpc) is 3.25. The lowest BCUT2D eigenvalue weighted by molar-refractivity contribution is -0.659. The van der Waals surface area contributed by atoms with Gasteiger partial charge < -0.3 is 4.42 Å². The topological polar surface area (TPSA) is 17.0 Å². The van der Waals surface area contributed by atoms with Crippen molar-refractivity contribution < 1.29 is 8.98 Å². The summed E-state index contributed by atoms with van der Waals surface area (Å²) in [6.07, 6.45) is 4.61. The number of aromatic nitrogens is 1. The molecule has 0 saturated heterocycles. The van der Waals surface area contributed by atoms with Gasteiger partial charge in [-0.1, -0.05) is 76.2 Å². The molecule has 0 bridgehead atoms. The molecule has 0 radical (unpaired) electrons. The van der Waals surface area contributed by atoms with Gasteiger partial charge in [0.15, 0.2) is 6.20 Å². The minimum Gasteiger partial charge on any atom is -0.454 e. The van der Waals surface area contributed by atoms with Gasteiger partial charge in [-0.3, -0.25) is 0 Å². The molecule has 0 N–H and O–H groups in total. The van der Waals surface area contributed by atoms with Crippen molar-refractivity contribution in [2.75, 3.05) is 0 Å². The average molecular weight is 485 g/mol. The largest absolute Gasteiger partial charge is 0.454 e. The molecule has 0 amide bonds. The minimum absolute atomic E-state index is 0.0984. The monoisotopic (exact) mass is 484 g/mol. The summed E-state index contributed by atoms with van der Waals surface area (Å²) in [5.74, 6) is 0. The molecule has 0 fully saturated rings. The number of rotatable bonds is 1. The Hall–Kier alpha value is -3.65. The van der Waals surface area contributed by atoms with E-state index in [4.69, 9.17) is 4.42 Å². The molecule has 4 aromatic carbocycles. The van der Waals surface area contributed by atoms with Crippen molar-refractivity contribution >= 4 is 43.5 Å². The molecule has 2 heteroatoms. The molecule has 1 aliphatic carbocycles. The number of nitrogens with zero attached hydrogens (tertiary/aromatic N) is 1. The Morgan fingerprint density at radius 2 is 1.41 bits per heavy atom. The molecule has 37 heavy (non-hydrogen) atoms. The molecule has 0 saturated carbocycles. The molecule has 2 nitrogen and oxygen atoms in total. The lowest BCUT2D eigenvalue weighted by Crippen LogP contribution is -2.34. The number of hydrogen-bond donors (Lipinski definition) is 0. The smallest absolute Gasteiger partial charge is 0.216 e. The van der Waals surface area contributed by atoms with Crippen molar-refractivity contribution in [1.29, 1.82) is 0 Å². The van der Waals surface area contributed by atoms with Gasteiger partial charge in [0.25, 0.3) is 0 Å². The third kappa shape index (κ3) is 3.14. The summed E-state index contributed by atoms with van der Waals surface area (Å²) in [6.45, 7) is 11.8. The van der Waals surface area contributed by atoms with E-state index in [1.807, 2.05) is 0 Å². The Balaban J connectivity index is 1.62. The molecule has 6 aromatic rings. The maximum atomic E-state index is 7.01. The zero-order valence-corrected chi connectivity index (χ0v) is 22.7. The first-order chi connectivity index (χ1) is 17.7. The van der Waals surface area contributed by atoms with Crippen LogP contribution in [0.3, 0.4) is 0 Å². The van der Waals surface area contributed by atoms with E-state index in [9.17, 15) is 0 Å². The van der Waals surface area contributed by atoms with Gasteiger partial charge in [0.05, 0.1) is 5.56 Å². The maximum absolute atomic E-state index is 7.01. The van der Waals surface area contributed by atoms with E-state index in [0.29, 0.717) is 0 Å². The van der Waals surface area contributed by atoms with E-state index >= 15 is 0 Å². The first-order valence-electron chi connectivity index (χ1n) is 13.5. The van der Waals surface area contributed by atoms with Gasteiger partial charge >= 0.3 is 0 Å². The highest BCUT2D eigenvalue weighted by atomic mass is 16.3. The summed E-state index contributed by atoms with van der Waals surface area (Å²) >= 11 is 0. The van der Waals surface area contributed by atoms with E-state index < -0.39 is 0 Å². The fourth-order valence-corrected chi connectivity index (χ4v) is 6.81. The second kappa shape index (κ2) is 7.44. The first-order valence-corrected chi connectivity index (χ1v) is 13.5. The van der Waals surface area contributed by atoms with Gasteiger partial charge in [-0.05, 0) is 70.2 Å². The standard InChI is InChI=1S/C35H34NO/c1-21-11-14-25-26-15-12-22-13-16-27-31(35(4,5)18-17-34(27,2)3)30(22)33(26)37-32(25)29(21)28-19-23-9-7-8-10-24(23)20-36(28)6/h7-16,19-20H,17-18H2,1-6H3/q+1. The minimum atomic E-state index is 0.0984. The van der Waals surface area contributed by atoms with Crippen molar-refractivity contribution in [3.8, 4) is 11.3 Å². The summed E-state index contributed by atoms with van der Waals surface area (Å²) in [4.78, 5) is 0.